The van der Waals surface area contributed by atoms with Gasteiger partial charge in [0.1, 0.15) is 0 Å². The zero-order chi connectivity index (χ0) is 14.7. The van der Waals surface area contributed by atoms with Crippen LogP contribution in [0.25, 0.3) is 0 Å². The Hall–Kier alpha value is -0.120. The summed E-state index contributed by atoms with van der Waals surface area (Å²) in [5.74, 6) is 0. The molecule has 0 heterocycles. The van der Waals surface area contributed by atoms with Crippen molar-refractivity contribution in [2.75, 3.05) is 26.7 Å². The molecule has 0 bridgehead atoms. The molecule has 2 atom stereocenters. The third-order valence-corrected chi connectivity index (χ3v) is 4.35. The fraction of sp³-hybridized carbons (Fsp3) is 1.00. The first-order valence-electron chi connectivity index (χ1n) is 8.11. The van der Waals surface area contributed by atoms with E-state index in [1.54, 1.807) is 0 Å². The van der Waals surface area contributed by atoms with Crippen molar-refractivity contribution in [3.8, 4) is 0 Å². The molecule has 0 aromatic heterocycles. The van der Waals surface area contributed by atoms with Crippen LogP contribution in [0.15, 0.2) is 0 Å². The van der Waals surface area contributed by atoms with Gasteiger partial charge < -0.3 is 15.3 Å². The molecule has 2 N–H and O–H groups in total. The lowest BCUT2D eigenvalue weighted by Crippen LogP contribution is -2.48. The van der Waals surface area contributed by atoms with E-state index in [0.29, 0.717) is 6.04 Å². The van der Waals surface area contributed by atoms with Crippen LogP contribution in [0.3, 0.4) is 0 Å². The third-order valence-electron chi connectivity index (χ3n) is 4.35. The number of nitrogens with one attached hydrogen (secondary N) is 1. The van der Waals surface area contributed by atoms with Gasteiger partial charge in [-0.1, -0.05) is 27.2 Å². The summed E-state index contributed by atoms with van der Waals surface area (Å²) in [6.45, 7) is 11.3. The second-order valence-electron chi connectivity index (χ2n) is 5.94. The van der Waals surface area contributed by atoms with E-state index in [4.69, 9.17) is 0 Å². The molecule has 3 nitrogen and oxygen atoms in total. The second-order valence-corrected chi connectivity index (χ2v) is 5.94. The SMILES string of the molecule is CCCNC(CC)(CO)CCCN(C)C(C)CCC. The van der Waals surface area contributed by atoms with Crippen LogP contribution in [0, 0.1) is 0 Å². The van der Waals surface area contributed by atoms with Crippen molar-refractivity contribution in [1.29, 1.82) is 0 Å². The molecule has 0 rings (SSSR count). The molecule has 0 aliphatic heterocycles. The van der Waals surface area contributed by atoms with Gasteiger partial charge in [-0.25, -0.2) is 0 Å². The normalized spacial score (nSPS) is 16.6. The fourth-order valence-corrected chi connectivity index (χ4v) is 2.55. The summed E-state index contributed by atoms with van der Waals surface area (Å²) < 4.78 is 0. The summed E-state index contributed by atoms with van der Waals surface area (Å²) >= 11 is 0. The van der Waals surface area contributed by atoms with E-state index in [2.05, 4.69) is 45.0 Å². The molecule has 3 heteroatoms. The lowest BCUT2D eigenvalue weighted by Gasteiger charge is -2.33. The van der Waals surface area contributed by atoms with Gasteiger partial charge >= 0.3 is 0 Å². The quantitative estimate of drug-likeness (QED) is 0.573. The van der Waals surface area contributed by atoms with E-state index >= 15 is 0 Å². The summed E-state index contributed by atoms with van der Waals surface area (Å²) in [7, 11) is 2.21. The number of hydrogen-bond acceptors (Lipinski definition) is 3. The topological polar surface area (TPSA) is 35.5 Å². The standard InChI is InChI=1S/C16H36N2O/c1-6-10-15(4)18(5)13-9-11-16(8-3,14-19)17-12-7-2/h15,17,19H,6-14H2,1-5H3. The summed E-state index contributed by atoms with van der Waals surface area (Å²) in [6.07, 6.45) is 6.84. The Labute approximate surface area is 120 Å². The number of hydrogen-bond donors (Lipinski definition) is 2. The zero-order valence-electron chi connectivity index (χ0n) is 13.8. The predicted octanol–water partition coefficient (Wildman–Crippen LogP) is 3.03. The minimum absolute atomic E-state index is 0.0646. The van der Waals surface area contributed by atoms with Crippen molar-refractivity contribution in [3.05, 3.63) is 0 Å². The highest BCUT2D eigenvalue weighted by molar-refractivity contribution is 4.86. The Balaban J connectivity index is 4.11. The molecule has 116 valence electrons. The molecular weight excluding hydrogens is 236 g/mol. The molecule has 0 fully saturated rings. The van der Waals surface area contributed by atoms with Gasteiger partial charge in [-0.3, -0.25) is 0 Å². The smallest absolute Gasteiger partial charge is 0.0613 e. The molecule has 0 spiro atoms. The van der Waals surface area contributed by atoms with Crippen molar-refractivity contribution in [2.24, 2.45) is 0 Å². The minimum atomic E-state index is -0.0646. The maximum absolute atomic E-state index is 9.69. The molecule has 0 aliphatic carbocycles. The van der Waals surface area contributed by atoms with Crippen LogP contribution in [-0.2, 0) is 0 Å². The van der Waals surface area contributed by atoms with E-state index in [-0.39, 0.29) is 12.1 Å². The highest BCUT2D eigenvalue weighted by Crippen LogP contribution is 2.18. The first-order chi connectivity index (χ1) is 9.05. The van der Waals surface area contributed by atoms with Crippen molar-refractivity contribution < 1.29 is 5.11 Å². The third kappa shape index (κ3) is 7.28. The van der Waals surface area contributed by atoms with Gasteiger partial charge in [0.05, 0.1) is 6.61 Å². The van der Waals surface area contributed by atoms with E-state index in [1.807, 2.05) is 0 Å². The van der Waals surface area contributed by atoms with Crippen molar-refractivity contribution >= 4 is 0 Å². The molecule has 0 radical (unpaired) electrons. The molecule has 0 aromatic rings. The lowest BCUT2D eigenvalue weighted by molar-refractivity contribution is 0.137. The van der Waals surface area contributed by atoms with E-state index in [0.717, 1.165) is 38.8 Å². The summed E-state index contributed by atoms with van der Waals surface area (Å²) in [5, 5.41) is 13.2. The second kappa shape index (κ2) is 10.6. The minimum Gasteiger partial charge on any atom is -0.394 e. The first kappa shape index (κ1) is 18.9. The summed E-state index contributed by atoms with van der Waals surface area (Å²) in [6, 6.07) is 0.666. The van der Waals surface area contributed by atoms with Crippen LogP contribution in [0.4, 0.5) is 0 Å². The van der Waals surface area contributed by atoms with Gasteiger partial charge in [0.2, 0.25) is 0 Å². The molecule has 0 amide bonds. The number of aliphatic hydroxyl groups is 1. The number of aliphatic hydroxyl groups excluding tert-OH is 1. The summed E-state index contributed by atoms with van der Waals surface area (Å²) in [5.41, 5.74) is -0.0646. The first-order valence-corrected chi connectivity index (χ1v) is 8.11. The van der Waals surface area contributed by atoms with Crippen LogP contribution in [0.2, 0.25) is 0 Å². The fourth-order valence-electron chi connectivity index (χ4n) is 2.55. The van der Waals surface area contributed by atoms with E-state index < -0.39 is 0 Å². The molecule has 19 heavy (non-hydrogen) atoms. The van der Waals surface area contributed by atoms with Crippen molar-refractivity contribution in [1.82, 2.24) is 10.2 Å². The average Bonchev–Trinajstić information content (AvgIpc) is 2.43. The monoisotopic (exact) mass is 272 g/mol. The predicted molar refractivity (Wildman–Crippen MR) is 84.6 cm³/mol. The van der Waals surface area contributed by atoms with Gasteiger partial charge in [-0.2, -0.15) is 0 Å². The Kier molecular flexibility index (Phi) is 10.6. The van der Waals surface area contributed by atoms with Crippen molar-refractivity contribution in [3.63, 3.8) is 0 Å². The Morgan fingerprint density at radius 1 is 1.21 bits per heavy atom. The maximum Gasteiger partial charge on any atom is 0.0613 e. The van der Waals surface area contributed by atoms with Gasteiger partial charge in [-0.05, 0) is 59.2 Å². The molecular formula is C16H36N2O. The van der Waals surface area contributed by atoms with Gasteiger partial charge in [-0.15, -0.1) is 0 Å². The van der Waals surface area contributed by atoms with Crippen LogP contribution in [0.1, 0.15) is 66.2 Å². The maximum atomic E-state index is 9.69. The molecule has 0 saturated heterocycles. The Bertz CT molecular complexity index is 205. The van der Waals surface area contributed by atoms with Crippen LogP contribution in [-0.4, -0.2) is 48.3 Å². The van der Waals surface area contributed by atoms with E-state index in [9.17, 15) is 5.11 Å². The Morgan fingerprint density at radius 3 is 2.37 bits per heavy atom. The highest BCUT2D eigenvalue weighted by atomic mass is 16.3. The van der Waals surface area contributed by atoms with Gasteiger partial charge in [0, 0.05) is 11.6 Å². The van der Waals surface area contributed by atoms with Crippen LogP contribution < -0.4 is 5.32 Å². The number of rotatable bonds is 12. The van der Waals surface area contributed by atoms with Crippen LogP contribution >= 0.6 is 0 Å². The molecule has 0 aliphatic rings. The Morgan fingerprint density at radius 2 is 1.89 bits per heavy atom. The summed E-state index contributed by atoms with van der Waals surface area (Å²) in [4.78, 5) is 2.45. The highest BCUT2D eigenvalue weighted by Gasteiger charge is 2.25. The van der Waals surface area contributed by atoms with Gasteiger partial charge in [0.15, 0.2) is 0 Å². The van der Waals surface area contributed by atoms with E-state index in [1.165, 1.54) is 12.8 Å². The number of nitrogens with zero attached hydrogens (tertiary/aromatic N) is 1. The van der Waals surface area contributed by atoms with Crippen molar-refractivity contribution in [2.45, 2.75) is 77.8 Å². The largest absolute Gasteiger partial charge is 0.394 e. The molecule has 2 unspecified atom stereocenters. The average molecular weight is 272 g/mol. The lowest BCUT2D eigenvalue weighted by atomic mass is 9.91. The van der Waals surface area contributed by atoms with Gasteiger partial charge in [0.25, 0.3) is 0 Å². The zero-order valence-corrected chi connectivity index (χ0v) is 13.8. The molecule has 0 aromatic carbocycles. The van der Waals surface area contributed by atoms with Crippen LogP contribution in [0.5, 0.6) is 0 Å². The molecule has 0 saturated carbocycles.